The van der Waals surface area contributed by atoms with E-state index in [9.17, 15) is 0 Å². The van der Waals surface area contributed by atoms with Gasteiger partial charge in [-0.1, -0.05) is 48.9 Å². The van der Waals surface area contributed by atoms with Crippen LogP contribution in [0.2, 0.25) is 0 Å². The van der Waals surface area contributed by atoms with Crippen molar-refractivity contribution in [1.29, 1.82) is 0 Å². The molecule has 2 aromatic carbocycles. The molecule has 0 saturated heterocycles. The topological polar surface area (TPSA) is 26.0 Å². The van der Waals surface area contributed by atoms with Crippen molar-refractivity contribution < 1.29 is 0 Å². The number of benzene rings is 2. The monoisotopic (exact) mass is 285 g/mol. The molecular formula is C18H23NS. The molecule has 106 valence electrons. The molecule has 0 heterocycles. The molecule has 1 unspecified atom stereocenters. The molecule has 0 bridgehead atoms. The lowest BCUT2D eigenvalue weighted by atomic mass is 10.1. The van der Waals surface area contributed by atoms with E-state index in [2.05, 4.69) is 62.4 Å². The van der Waals surface area contributed by atoms with E-state index >= 15 is 0 Å². The van der Waals surface area contributed by atoms with Gasteiger partial charge in [0.1, 0.15) is 0 Å². The van der Waals surface area contributed by atoms with Gasteiger partial charge in [-0.15, -0.1) is 11.8 Å². The molecule has 1 nitrogen and oxygen atoms in total. The summed E-state index contributed by atoms with van der Waals surface area (Å²) in [6, 6.07) is 17.8. The van der Waals surface area contributed by atoms with Crippen molar-refractivity contribution in [2.45, 2.75) is 43.4 Å². The molecule has 0 aliphatic rings. The Labute approximate surface area is 126 Å². The molecule has 2 N–H and O–H groups in total. The van der Waals surface area contributed by atoms with Gasteiger partial charge in [-0.05, 0) is 43.0 Å². The van der Waals surface area contributed by atoms with Crippen molar-refractivity contribution >= 4 is 11.8 Å². The molecule has 0 saturated carbocycles. The Kier molecular flexibility index (Phi) is 5.69. The van der Waals surface area contributed by atoms with Crippen LogP contribution in [0.5, 0.6) is 0 Å². The molecule has 0 fully saturated rings. The van der Waals surface area contributed by atoms with Gasteiger partial charge in [0, 0.05) is 16.7 Å². The number of hydrogen-bond donors (Lipinski definition) is 1. The van der Waals surface area contributed by atoms with Crippen molar-refractivity contribution in [3.8, 4) is 0 Å². The quantitative estimate of drug-likeness (QED) is 0.787. The van der Waals surface area contributed by atoms with E-state index in [4.69, 9.17) is 5.73 Å². The van der Waals surface area contributed by atoms with E-state index < -0.39 is 0 Å². The van der Waals surface area contributed by atoms with Crippen LogP contribution in [0.15, 0.2) is 53.4 Å². The number of aryl methyl sites for hydroxylation is 1. The molecule has 2 aromatic rings. The zero-order valence-electron chi connectivity index (χ0n) is 12.3. The Morgan fingerprint density at radius 3 is 2.45 bits per heavy atom. The van der Waals surface area contributed by atoms with Gasteiger partial charge in [0.15, 0.2) is 0 Å². The van der Waals surface area contributed by atoms with Crippen LogP contribution < -0.4 is 5.73 Å². The maximum absolute atomic E-state index is 5.99. The predicted molar refractivity (Wildman–Crippen MR) is 89.2 cm³/mol. The van der Waals surface area contributed by atoms with Crippen molar-refractivity contribution in [2.24, 2.45) is 5.73 Å². The third-order valence-corrected chi connectivity index (χ3v) is 4.52. The predicted octanol–water partition coefficient (Wildman–Crippen LogP) is 4.57. The second kappa shape index (κ2) is 7.51. The van der Waals surface area contributed by atoms with Gasteiger partial charge < -0.3 is 5.73 Å². The van der Waals surface area contributed by atoms with E-state index in [-0.39, 0.29) is 6.04 Å². The van der Waals surface area contributed by atoms with Crippen molar-refractivity contribution in [1.82, 2.24) is 0 Å². The SMILES string of the molecule is CCC(N)Cc1ccc(SCc2cccc(C)c2)cc1. The van der Waals surface area contributed by atoms with Gasteiger partial charge in [0.05, 0.1) is 0 Å². The first-order chi connectivity index (χ1) is 9.67. The van der Waals surface area contributed by atoms with Crippen LogP contribution in [0.1, 0.15) is 30.0 Å². The van der Waals surface area contributed by atoms with E-state index in [1.165, 1.54) is 21.6 Å². The highest BCUT2D eigenvalue weighted by atomic mass is 32.2. The van der Waals surface area contributed by atoms with Crippen LogP contribution in [-0.2, 0) is 12.2 Å². The molecule has 0 aliphatic heterocycles. The molecular weight excluding hydrogens is 262 g/mol. The zero-order chi connectivity index (χ0) is 14.4. The summed E-state index contributed by atoms with van der Waals surface area (Å²) in [6.07, 6.45) is 2.00. The van der Waals surface area contributed by atoms with Gasteiger partial charge in [-0.2, -0.15) is 0 Å². The lowest BCUT2D eigenvalue weighted by Crippen LogP contribution is -2.21. The third-order valence-electron chi connectivity index (χ3n) is 3.43. The van der Waals surface area contributed by atoms with E-state index in [0.717, 1.165) is 18.6 Å². The number of nitrogens with two attached hydrogens (primary N) is 1. The fourth-order valence-corrected chi connectivity index (χ4v) is 2.98. The average Bonchev–Trinajstić information content (AvgIpc) is 2.46. The summed E-state index contributed by atoms with van der Waals surface area (Å²) in [7, 11) is 0. The van der Waals surface area contributed by atoms with E-state index in [1.54, 1.807) is 0 Å². The second-order valence-electron chi connectivity index (χ2n) is 5.29. The summed E-state index contributed by atoms with van der Waals surface area (Å²) < 4.78 is 0. The highest BCUT2D eigenvalue weighted by Gasteiger charge is 2.02. The molecule has 0 aromatic heterocycles. The fourth-order valence-electron chi connectivity index (χ4n) is 2.14. The van der Waals surface area contributed by atoms with Crippen molar-refractivity contribution in [3.63, 3.8) is 0 Å². The summed E-state index contributed by atoms with van der Waals surface area (Å²) in [5.41, 5.74) is 10.0. The maximum Gasteiger partial charge on any atom is 0.0232 e. The maximum atomic E-state index is 5.99. The number of hydrogen-bond acceptors (Lipinski definition) is 2. The van der Waals surface area contributed by atoms with Crippen molar-refractivity contribution in [2.75, 3.05) is 0 Å². The van der Waals surface area contributed by atoms with Gasteiger partial charge >= 0.3 is 0 Å². The molecule has 2 rings (SSSR count). The summed E-state index contributed by atoms with van der Waals surface area (Å²) in [5, 5.41) is 0. The normalized spacial score (nSPS) is 12.3. The highest BCUT2D eigenvalue weighted by Crippen LogP contribution is 2.23. The lowest BCUT2D eigenvalue weighted by Gasteiger charge is -2.09. The van der Waals surface area contributed by atoms with Gasteiger partial charge in [-0.3, -0.25) is 0 Å². The van der Waals surface area contributed by atoms with Crippen LogP contribution in [0.3, 0.4) is 0 Å². The molecule has 20 heavy (non-hydrogen) atoms. The molecule has 1 atom stereocenters. The van der Waals surface area contributed by atoms with E-state index in [0.29, 0.717) is 0 Å². The van der Waals surface area contributed by atoms with Gasteiger partial charge in [-0.25, -0.2) is 0 Å². The van der Waals surface area contributed by atoms with Crippen LogP contribution in [0, 0.1) is 6.92 Å². The van der Waals surface area contributed by atoms with Crippen molar-refractivity contribution in [3.05, 3.63) is 65.2 Å². The number of rotatable bonds is 6. The molecule has 0 radical (unpaired) electrons. The van der Waals surface area contributed by atoms with Gasteiger partial charge in [0.2, 0.25) is 0 Å². The minimum atomic E-state index is 0.279. The van der Waals surface area contributed by atoms with Gasteiger partial charge in [0.25, 0.3) is 0 Å². The number of thioether (sulfide) groups is 1. The second-order valence-corrected chi connectivity index (χ2v) is 6.34. The van der Waals surface area contributed by atoms with Crippen LogP contribution in [-0.4, -0.2) is 6.04 Å². The van der Waals surface area contributed by atoms with Crippen LogP contribution in [0.4, 0.5) is 0 Å². The Morgan fingerprint density at radius 2 is 1.80 bits per heavy atom. The summed E-state index contributed by atoms with van der Waals surface area (Å²) >= 11 is 1.88. The Morgan fingerprint density at radius 1 is 1.05 bits per heavy atom. The fraction of sp³-hybridized carbons (Fsp3) is 0.333. The molecule has 0 spiro atoms. The summed E-state index contributed by atoms with van der Waals surface area (Å²) in [5.74, 6) is 1.02. The first-order valence-electron chi connectivity index (χ1n) is 7.20. The third kappa shape index (κ3) is 4.69. The summed E-state index contributed by atoms with van der Waals surface area (Å²) in [4.78, 5) is 1.32. The smallest absolute Gasteiger partial charge is 0.0232 e. The summed E-state index contributed by atoms with van der Waals surface area (Å²) in [6.45, 7) is 4.27. The molecule has 0 aliphatic carbocycles. The van der Waals surface area contributed by atoms with E-state index in [1.807, 2.05) is 11.8 Å². The zero-order valence-corrected chi connectivity index (χ0v) is 13.1. The standard InChI is InChI=1S/C18H23NS/c1-3-17(19)12-15-7-9-18(10-8-15)20-13-16-6-4-5-14(2)11-16/h4-11,17H,3,12-13,19H2,1-2H3. The highest BCUT2D eigenvalue weighted by molar-refractivity contribution is 7.98. The van der Waals surface area contributed by atoms with Crippen LogP contribution in [0.25, 0.3) is 0 Å². The minimum absolute atomic E-state index is 0.279. The first-order valence-corrected chi connectivity index (χ1v) is 8.19. The lowest BCUT2D eigenvalue weighted by molar-refractivity contribution is 0.646. The minimum Gasteiger partial charge on any atom is -0.327 e. The first kappa shape index (κ1) is 15.1. The largest absolute Gasteiger partial charge is 0.327 e. The Bertz CT molecular complexity index is 533. The molecule has 0 amide bonds. The van der Waals surface area contributed by atoms with Crippen LogP contribution >= 0.6 is 11.8 Å². The average molecular weight is 285 g/mol. The Hall–Kier alpha value is -1.25. The Balaban J connectivity index is 1.90. The molecule has 2 heteroatoms.